The molecule has 1 saturated carbocycles. The number of aliphatic hydroxyl groups excluding tert-OH is 1. The van der Waals surface area contributed by atoms with Crippen molar-refractivity contribution in [1.29, 1.82) is 0 Å². The van der Waals surface area contributed by atoms with Crippen LogP contribution in [-0.2, 0) is 0 Å². The van der Waals surface area contributed by atoms with Crippen molar-refractivity contribution >= 4 is 0 Å². The van der Waals surface area contributed by atoms with E-state index in [9.17, 15) is 5.11 Å². The van der Waals surface area contributed by atoms with E-state index in [2.05, 4.69) is 30.7 Å². The van der Waals surface area contributed by atoms with Gasteiger partial charge in [0.2, 0.25) is 0 Å². The molecule has 1 aliphatic carbocycles. The Morgan fingerprint density at radius 2 is 2.00 bits per heavy atom. The summed E-state index contributed by atoms with van der Waals surface area (Å²) in [5.41, 5.74) is 0. The summed E-state index contributed by atoms with van der Waals surface area (Å²) in [6, 6.07) is 1.10. The number of hydrogen-bond acceptors (Lipinski definition) is 3. The van der Waals surface area contributed by atoms with Crippen LogP contribution in [0.3, 0.4) is 0 Å². The maximum atomic E-state index is 10.4. The fraction of sp³-hybridized carbons (Fsp3) is 1.00. The third kappa shape index (κ3) is 3.96. The predicted octanol–water partition coefficient (Wildman–Crippen LogP) is 2.73. The summed E-state index contributed by atoms with van der Waals surface area (Å²) < 4.78 is 0. The number of likely N-dealkylation sites (tertiary alicyclic amines) is 1. The van der Waals surface area contributed by atoms with Crippen molar-refractivity contribution in [3.63, 3.8) is 0 Å². The largest absolute Gasteiger partial charge is 0.391 e. The van der Waals surface area contributed by atoms with E-state index in [0.29, 0.717) is 12.1 Å². The Bertz CT molecular complexity index is 284. The number of likely N-dealkylation sites (N-methyl/N-ethyl adjacent to an activating group) is 2. The Kier molecular flexibility index (Phi) is 6.31. The van der Waals surface area contributed by atoms with Gasteiger partial charge in [-0.15, -0.1) is 0 Å². The molecule has 4 atom stereocenters. The van der Waals surface area contributed by atoms with Crippen LogP contribution in [0.1, 0.15) is 58.8 Å². The molecule has 0 spiro atoms. The molecule has 20 heavy (non-hydrogen) atoms. The minimum absolute atomic E-state index is 0.107. The third-order valence-electron chi connectivity index (χ3n) is 5.56. The Hall–Kier alpha value is -0.120. The van der Waals surface area contributed by atoms with Gasteiger partial charge in [0.15, 0.2) is 0 Å². The van der Waals surface area contributed by atoms with Gasteiger partial charge in [0.05, 0.1) is 6.10 Å². The van der Waals surface area contributed by atoms with Gasteiger partial charge in [0.25, 0.3) is 0 Å². The van der Waals surface area contributed by atoms with Gasteiger partial charge < -0.3 is 5.11 Å². The smallest absolute Gasteiger partial charge is 0.0695 e. The molecule has 118 valence electrons. The van der Waals surface area contributed by atoms with E-state index in [1.54, 1.807) is 0 Å². The summed E-state index contributed by atoms with van der Waals surface area (Å²) in [7, 11) is 2.23. The maximum Gasteiger partial charge on any atom is 0.0695 e. The van der Waals surface area contributed by atoms with E-state index < -0.39 is 0 Å². The fourth-order valence-corrected chi connectivity index (χ4v) is 4.35. The minimum Gasteiger partial charge on any atom is -0.391 e. The molecular weight excluding hydrogens is 248 g/mol. The second-order valence-electron chi connectivity index (χ2n) is 6.97. The van der Waals surface area contributed by atoms with Crippen molar-refractivity contribution in [1.82, 2.24) is 9.80 Å². The number of hydrogen-bond donors (Lipinski definition) is 1. The van der Waals surface area contributed by atoms with E-state index in [1.807, 2.05) is 0 Å². The first-order valence-electron chi connectivity index (χ1n) is 8.78. The van der Waals surface area contributed by atoms with Crippen molar-refractivity contribution < 1.29 is 5.11 Å². The Morgan fingerprint density at radius 3 is 2.70 bits per heavy atom. The molecule has 3 nitrogen and oxygen atoms in total. The second-order valence-corrected chi connectivity index (χ2v) is 6.97. The van der Waals surface area contributed by atoms with Gasteiger partial charge in [-0.1, -0.05) is 26.7 Å². The molecule has 1 aliphatic heterocycles. The highest BCUT2D eigenvalue weighted by Crippen LogP contribution is 2.31. The molecule has 0 amide bonds. The number of aliphatic hydroxyl groups is 1. The number of nitrogens with zero attached hydrogens (tertiary/aromatic N) is 2. The van der Waals surface area contributed by atoms with Crippen LogP contribution < -0.4 is 0 Å². The lowest BCUT2D eigenvalue weighted by atomic mass is 9.81. The summed E-state index contributed by atoms with van der Waals surface area (Å²) in [4.78, 5) is 5.07. The van der Waals surface area contributed by atoms with Crippen LogP contribution in [0.15, 0.2) is 0 Å². The molecule has 2 rings (SSSR count). The van der Waals surface area contributed by atoms with E-state index in [4.69, 9.17) is 0 Å². The minimum atomic E-state index is -0.107. The van der Waals surface area contributed by atoms with Crippen molar-refractivity contribution in [2.45, 2.75) is 77.0 Å². The van der Waals surface area contributed by atoms with Gasteiger partial charge in [0, 0.05) is 18.6 Å². The fourth-order valence-electron chi connectivity index (χ4n) is 4.35. The number of rotatable bonds is 6. The zero-order valence-electron chi connectivity index (χ0n) is 13.7. The molecule has 1 saturated heterocycles. The van der Waals surface area contributed by atoms with E-state index in [1.165, 1.54) is 51.6 Å². The maximum absolute atomic E-state index is 10.4. The van der Waals surface area contributed by atoms with Crippen molar-refractivity contribution in [2.75, 3.05) is 26.7 Å². The van der Waals surface area contributed by atoms with Gasteiger partial charge in [-0.05, 0) is 58.2 Å². The molecule has 2 aliphatic rings. The lowest BCUT2D eigenvalue weighted by Gasteiger charge is -2.40. The van der Waals surface area contributed by atoms with Gasteiger partial charge in [0.1, 0.15) is 0 Å². The molecular formula is C17H34N2O. The first kappa shape index (κ1) is 16.3. The topological polar surface area (TPSA) is 26.7 Å². The van der Waals surface area contributed by atoms with Crippen LogP contribution in [0.25, 0.3) is 0 Å². The van der Waals surface area contributed by atoms with Crippen LogP contribution in [0.5, 0.6) is 0 Å². The summed E-state index contributed by atoms with van der Waals surface area (Å²) in [5.74, 6) is 0.835. The molecule has 2 fully saturated rings. The highest BCUT2D eigenvalue weighted by atomic mass is 16.3. The van der Waals surface area contributed by atoms with Gasteiger partial charge in [-0.3, -0.25) is 9.80 Å². The zero-order chi connectivity index (χ0) is 14.5. The SMILES string of the molecule is CCCC1CCC(O)C(N(C)CC2CCCN2CC)C1. The quantitative estimate of drug-likeness (QED) is 0.811. The average molecular weight is 282 g/mol. The van der Waals surface area contributed by atoms with Crippen LogP contribution >= 0.6 is 0 Å². The summed E-state index contributed by atoms with van der Waals surface area (Å²) in [6.07, 6.45) is 8.61. The van der Waals surface area contributed by atoms with Gasteiger partial charge in [-0.2, -0.15) is 0 Å². The Labute approximate surface area is 125 Å². The van der Waals surface area contributed by atoms with E-state index in [-0.39, 0.29) is 6.10 Å². The Balaban J connectivity index is 1.87. The van der Waals surface area contributed by atoms with Crippen molar-refractivity contribution in [3.05, 3.63) is 0 Å². The molecule has 0 radical (unpaired) electrons. The lowest BCUT2D eigenvalue weighted by molar-refractivity contribution is 0.00476. The molecule has 1 N–H and O–H groups in total. The first-order valence-corrected chi connectivity index (χ1v) is 8.78. The van der Waals surface area contributed by atoms with E-state index >= 15 is 0 Å². The van der Waals surface area contributed by atoms with Gasteiger partial charge in [-0.25, -0.2) is 0 Å². The van der Waals surface area contributed by atoms with Crippen LogP contribution in [0.2, 0.25) is 0 Å². The molecule has 0 aromatic rings. The summed E-state index contributed by atoms with van der Waals surface area (Å²) in [5, 5.41) is 10.4. The molecule has 1 heterocycles. The standard InChI is InChI=1S/C17H34N2O/c1-4-7-14-9-10-17(20)16(12-14)18(3)13-15-8-6-11-19(15)5-2/h14-17,20H,4-13H2,1-3H3. The third-order valence-corrected chi connectivity index (χ3v) is 5.56. The molecule has 3 heteroatoms. The highest BCUT2D eigenvalue weighted by Gasteiger charge is 2.33. The lowest BCUT2D eigenvalue weighted by Crippen LogP contribution is -2.49. The molecule has 0 aromatic heterocycles. The predicted molar refractivity (Wildman–Crippen MR) is 84.9 cm³/mol. The molecule has 0 aromatic carbocycles. The average Bonchev–Trinajstić information content (AvgIpc) is 2.88. The van der Waals surface area contributed by atoms with E-state index in [0.717, 1.165) is 18.9 Å². The van der Waals surface area contributed by atoms with Crippen LogP contribution in [0.4, 0.5) is 0 Å². The second kappa shape index (κ2) is 7.77. The monoisotopic (exact) mass is 282 g/mol. The van der Waals surface area contributed by atoms with Crippen LogP contribution in [-0.4, -0.2) is 59.8 Å². The summed E-state index contributed by atoms with van der Waals surface area (Å²) in [6.45, 7) is 8.12. The van der Waals surface area contributed by atoms with Crippen LogP contribution in [0, 0.1) is 5.92 Å². The first-order chi connectivity index (χ1) is 9.65. The zero-order valence-corrected chi connectivity index (χ0v) is 13.7. The normalized spacial score (nSPS) is 35.9. The Morgan fingerprint density at radius 1 is 1.20 bits per heavy atom. The summed E-state index contributed by atoms with van der Waals surface area (Å²) >= 11 is 0. The highest BCUT2D eigenvalue weighted by molar-refractivity contribution is 4.89. The van der Waals surface area contributed by atoms with Crippen molar-refractivity contribution in [2.24, 2.45) is 5.92 Å². The van der Waals surface area contributed by atoms with Gasteiger partial charge >= 0.3 is 0 Å². The molecule has 0 bridgehead atoms. The van der Waals surface area contributed by atoms with Crippen molar-refractivity contribution in [3.8, 4) is 0 Å². The molecule has 4 unspecified atom stereocenters.